The Morgan fingerprint density at radius 3 is 2.30 bits per heavy atom. The van der Waals surface area contributed by atoms with E-state index in [2.05, 4.69) is 15.0 Å². The average molecular weight is 282 g/mol. The minimum atomic E-state index is -4.65. The van der Waals surface area contributed by atoms with Crippen molar-refractivity contribution in [3.8, 4) is 5.75 Å². The Kier molecular flexibility index (Phi) is 4.57. The summed E-state index contributed by atoms with van der Waals surface area (Å²) >= 11 is 0. The van der Waals surface area contributed by atoms with E-state index in [9.17, 15) is 13.2 Å². The number of hydrogen-bond acceptors (Lipinski definition) is 3. The van der Waals surface area contributed by atoms with Gasteiger partial charge in [0, 0.05) is 25.5 Å². The number of nitrogens with zero attached hydrogens (tertiary/aromatic N) is 1. The first-order valence-electron chi connectivity index (χ1n) is 5.97. The van der Waals surface area contributed by atoms with Crippen molar-refractivity contribution in [1.29, 1.82) is 0 Å². The molecule has 0 aliphatic carbocycles. The molecule has 2 rings (SSSR count). The van der Waals surface area contributed by atoms with Gasteiger partial charge in [0.05, 0.1) is 0 Å². The lowest BCUT2D eigenvalue weighted by Crippen LogP contribution is -2.17. The zero-order valence-electron chi connectivity index (χ0n) is 10.5. The molecule has 0 fully saturated rings. The summed E-state index contributed by atoms with van der Waals surface area (Å²) in [5, 5.41) is 3.18. The molecule has 1 aromatic carbocycles. The minimum Gasteiger partial charge on any atom is -0.406 e. The highest BCUT2D eigenvalue weighted by Crippen LogP contribution is 2.22. The fourth-order valence-corrected chi connectivity index (χ4v) is 1.66. The van der Waals surface area contributed by atoms with Gasteiger partial charge in [-0.2, -0.15) is 0 Å². The van der Waals surface area contributed by atoms with Gasteiger partial charge in [0.15, 0.2) is 0 Å². The molecule has 0 saturated heterocycles. The predicted molar refractivity (Wildman–Crippen MR) is 67.9 cm³/mol. The van der Waals surface area contributed by atoms with Crippen molar-refractivity contribution in [2.75, 3.05) is 0 Å². The molecule has 0 bridgehead atoms. The number of benzene rings is 1. The van der Waals surface area contributed by atoms with Crippen molar-refractivity contribution >= 4 is 0 Å². The quantitative estimate of drug-likeness (QED) is 0.914. The molecule has 0 spiro atoms. The van der Waals surface area contributed by atoms with Crippen molar-refractivity contribution in [2.24, 2.45) is 0 Å². The maximum Gasteiger partial charge on any atom is 0.573 e. The summed E-state index contributed by atoms with van der Waals surface area (Å²) in [4.78, 5) is 3.99. The molecular formula is C14H13F3N2O. The van der Waals surface area contributed by atoms with Crippen LogP contribution in [0.3, 0.4) is 0 Å². The lowest BCUT2D eigenvalue weighted by Gasteiger charge is -2.09. The van der Waals surface area contributed by atoms with E-state index < -0.39 is 6.36 Å². The number of hydrogen-bond donors (Lipinski definition) is 1. The normalized spacial score (nSPS) is 11.3. The van der Waals surface area contributed by atoms with Gasteiger partial charge in [-0.1, -0.05) is 18.2 Å². The summed E-state index contributed by atoms with van der Waals surface area (Å²) in [6.07, 6.45) is -1.20. The molecule has 0 amide bonds. The summed E-state index contributed by atoms with van der Waals surface area (Å²) in [5.41, 5.74) is 1.92. The van der Waals surface area contributed by atoms with E-state index in [0.717, 1.165) is 11.1 Å². The highest BCUT2D eigenvalue weighted by atomic mass is 19.4. The zero-order chi connectivity index (χ0) is 14.4. The van der Waals surface area contributed by atoms with Crippen molar-refractivity contribution in [2.45, 2.75) is 19.5 Å². The lowest BCUT2D eigenvalue weighted by molar-refractivity contribution is -0.274. The molecule has 1 aromatic heterocycles. The number of halogens is 3. The van der Waals surface area contributed by atoms with Crippen LogP contribution in [0.4, 0.5) is 13.2 Å². The van der Waals surface area contributed by atoms with Gasteiger partial charge in [-0.25, -0.2) is 0 Å². The van der Waals surface area contributed by atoms with Crippen molar-refractivity contribution in [1.82, 2.24) is 10.3 Å². The molecule has 3 nitrogen and oxygen atoms in total. The summed E-state index contributed by atoms with van der Waals surface area (Å²) in [7, 11) is 0. The molecule has 0 unspecified atom stereocenters. The van der Waals surface area contributed by atoms with Crippen molar-refractivity contribution in [3.05, 3.63) is 59.9 Å². The number of rotatable bonds is 5. The number of pyridine rings is 1. The van der Waals surface area contributed by atoms with Crippen LogP contribution in [0.1, 0.15) is 11.1 Å². The highest BCUT2D eigenvalue weighted by Gasteiger charge is 2.30. The van der Waals surface area contributed by atoms with Gasteiger partial charge in [-0.05, 0) is 29.3 Å². The SMILES string of the molecule is FC(F)(F)Oc1ccc(CNCc2cccnc2)cc1. The second-order valence-electron chi connectivity index (χ2n) is 4.16. The van der Waals surface area contributed by atoms with Crippen LogP contribution in [-0.2, 0) is 13.1 Å². The smallest absolute Gasteiger partial charge is 0.406 e. The Bertz CT molecular complexity index is 526. The largest absolute Gasteiger partial charge is 0.573 e. The first-order chi connectivity index (χ1) is 9.53. The van der Waals surface area contributed by atoms with Crippen LogP contribution in [0.25, 0.3) is 0 Å². The third-order valence-corrected chi connectivity index (χ3v) is 2.54. The first kappa shape index (κ1) is 14.3. The Morgan fingerprint density at radius 1 is 1.00 bits per heavy atom. The maximum absolute atomic E-state index is 12.0. The third-order valence-electron chi connectivity index (χ3n) is 2.54. The van der Waals surface area contributed by atoms with E-state index in [-0.39, 0.29) is 5.75 Å². The molecule has 0 radical (unpaired) electrons. The summed E-state index contributed by atoms with van der Waals surface area (Å²) in [6, 6.07) is 9.58. The average Bonchev–Trinajstić information content (AvgIpc) is 2.40. The van der Waals surface area contributed by atoms with Crippen LogP contribution in [0.2, 0.25) is 0 Å². The number of alkyl halides is 3. The predicted octanol–water partition coefficient (Wildman–Crippen LogP) is 3.27. The summed E-state index contributed by atoms with van der Waals surface area (Å²) in [6.45, 7) is 1.20. The zero-order valence-corrected chi connectivity index (χ0v) is 10.5. The van der Waals surface area contributed by atoms with Gasteiger partial charge in [-0.3, -0.25) is 4.98 Å². The fraction of sp³-hybridized carbons (Fsp3) is 0.214. The minimum absolute atomic E-state index is 0.214. The first-order valence-corrected chi connectivity index (χ1v) is 5.97. The summed E-state index contributed by atoms with van der Waals surface area (Å²) in [5.74, 6) is -0.214. The van der Waals surface area contributed by atoms with Gasteiger partial charge in [0.2, 0.25) is 0 Å². The van der Waals surface area contributed by atoms with Crippen LogP contribution >= 0.6 is 0 Å². The molecule has 0 aliphatic heterocycles. The van der Waals surface area contributed by atoms with E-state index in [0.29, 0.717) is 13.1 Å². The van der Waals surface area contributed by atoms with Crippen LogP contribution in [0, 0.1) is 0 Å². The van der Waals surface area contributed by atoms with Crippen LogP contribution < -0.4 is 10.1 Å². The molecule has 106 valence electrons. The number of nitrogens with one attached hydrogen (secondary N) is 1. The van der Waals surface area contributed by atoms with Gasteiger partial charge in [-0.15, -0.1) is 13.2 Å². The Morgan fingerprint density at radius 2 is 1.70 bits per heavy atom. The topological polar surface area (TPSA) is 34.1 Å². The van der Waals surface area contributed by atoms with Gasteiger partial charge >= 0.3 is 6.36 Å². The molecular weight excluding hydrogens is 269 g/mol. The van der Waals surface area contributed by atoms with E-state index in [1.165, 1.54) is 12.1 Å². The lowest BCUT2D eigenvalue weighted by atomic mass is 10.2. The molecule has 1 heterocycles. The monoisotopic (exact) mass is 282 g/mol. The van der Waals surface area contributed by atoms with E-state index in [1.807, 2.05) is 12.1 Å². The maximum atomic E-state index is 12.0. The van der Waals surface area contributed by atoms with Crippen LogP contribution in [0.5, 0.6) is 5.75 Å². The van der Waals surface area contributed by atoms with Crippen LogP contribution in [0.15, 0.2) is 48.8 Å². The van der Waals surface area contributed by atoms with Crippen molar-refractivity contribution in [3.63, 3.8) is 0 Å². The van der Waals surface area contributed by atoms with Gasteiger partial charge in [0.1, 0.15) is 5.75 Å². The van der Waals surface area contributed by atoms with E-state index in [1.54, 1.807) is 24.5 Å². The van der Waals surface area contributed by atoms with E-state index in [4.69, 9.17) is 0 Å². The molecule has 20 heavy (non-hydrogen) atoms. The van der Waals surface area contributed by atoms with E-state index >= 15 is 0 Å². The number of aromatic nitrogens is 1. The standard InChI is InChI=1S/C14H13F3N2O/c15-14(16,17)20-13-5-3-11(4-6-13)8-19-10-12-2-1-7-18-9-12/h1-7,9,19H,8,10H2. The van der Waals surface area contributed by atoms with Crippen molar-refractivity contribution < 1.29 is 17.9 Å². The van der Waals surface area contributed by atoms with Crippen LogP contribution in [-0.4, -0.2) is 11.3 Å². The van der Waals surface area contributed by atoms with Gasteiger partial charge in [0.25, 0.3) is 0 Å². The second-order valence-corrected chi connectivity index (χ2v) is 4.16. The molecule has 0 atom stereocenters. The molecule has 0 saturated carbocycles. The fourth-order valence-electron chi connectivity index (χ4n) is 1.66. The molecule has 2 aromatic rings. The summed E-state index contributed by atoms with van der Waals surface area (Å²) < 4.78 is 39.8. The Hall–Kier alpha value is -2.08. The highest BCUT2D eigenvalue weighted by molar-refractivity contribution is 5.27. The molecule has 0 aliphatic rings. The Balaban J connectivity index is 1.82. The Labute approximate surface area is 114 Å². The number of ether oxygens (including phenoxy) is 1. The van der Waals surface area contributed by atoms with Gasteiger partial charge < -0.3 is 10.1 Å². The second kappa shape index (κ2) is 6.38. The third kappa shape index (κ3) is 4.89. The molecule has 1 N–H and O–H groups in total. The molecule has 6 heteroatoms.